The van der Waals surface area contributed by atoms with Gasteiger partial charge < -0.3 is 15.0 Å². The fourth-order valence-electron chi connectivity index (χ4n) is 2.63. The van der Waals surface area contributed by atoms with Crippen molar-refractivity contribution in [2.24, 2.45) is 0 Å². The van der Waals surface area contributed by atoms with Gasteiger partial charge in [0.1, 0.15) is 5.69 Å². The van der Waals surface area contributed by atoms with Crippen LogP contribution in [0.3, 0.4) is 0 Å². The summed E-state index contributed by atoms with van der Waals surface area (Å²) < 4.78 is 5.00. The minimum Gasteiger partial charge on any atom is -0.462 e. The number of carbonyl (C=O) groups excluding carboxylic acids is 2. The predicted molar refractivity (Wildman–Crippen MR) is 92.0 cm³/mol. The molecule has 0 aliphatic rings. The molecule has 132 valence electrons. The summed E-state index contributed by atoms with van der Waals surface area (Å²) in [6.07, 6.45) is 0. The van der Waals surface area contributed by atoms with Crippen molar-refractivity contribution in [3.05, 3.63) is 56.4 Å². The second-order valence-corrected chi connectivity index (χ2v) is 5.51. The van der Waals surface area contributed by atoms with Gasteiger partial charge in [0.15, 0.2) is 0 Å². The van der Waals surface area contributed by atoms with Gasteiger partial charge in [-0.05, 0) is 39.3 Å². The van der Waals surface area contributed by atoms with E-state index in [0.29, 0.717) is 28.1 Å². The minimum atomic E-state index is -0.506. The van der Waals surface area contributed by atoms with Crippen LogP contribution in [-0.2, 0) is 4.74 Å². The molecule has 0 spiro atoms. The molecule has 8 nitrogen and oxygen atoms in total. The Hall–Kier alpha value is -3.16. The normalized spacial score (nSPS) is 10.4. The second kappa shape index (κ2) is 7.16. The number of aromatic amines is 1. The molecule has 0 radical (unpaired) electrons. The van der Waals surface area contributed by atoms with Crippen LogP contribution in [0, 0.1) is 30.9 Å². The number of amides is 1. The first kappa shape index (κ1) is 18.2. The van der Waals surface area contributed by atoms with Crippen LogP contribution >= 0.6 is 0 Å². The van der Waals surface area contributed by atoms with Crippen LogP contribution in [0.25, 0.3) is 0 Å². The molecule has 0 saturated carbocycles. The van der Waals surface area contributed by atoms with Gasteiger partial charge in [0.25, 0.3) is 11.6 Å². The van der Waals surface area contributed by atoms with Crippen LogP contribution in [0.1, 0.15) is 44.6 Å². The number of nitro benzene ring substituents is 1. The molecular formula is C17H19N3O5. The van der Waals surface area contributed by atoms with Crippen molar-refractivity contribution in [3.63, 3.8) is 0 Å². The van der Waals surface area contributed by atoms with Gasteiger partial charge in [-0.25, -0.2) is 4.79 Å². The number of esters is 1. The molecular weight excluding hydrogens is 326 g/mol. The summed E-state index contributed by atoms with van der Waals surface area (Å²) in [7, 11) is 0. The van der Waals surface area contributed by atoms with Gasteiger partial charge in [-0.1, -0.05) is 6.07 Å². The van der Waals surface area contributed by atoms with Crippen LogP contribution < -0.4 is 5.32 Å². The number of ether oxygens (including phenoxy) is 1. The summed E-state index contributed by atoms with van der Waals surface area (Å²) >= 11 is 0. The lowest BCUT2D eigenvalue weighted by Crippen LogP contribution is -2.15. The van der Waals surface area contributed by atoms with Crippen molar-refractivity contribution in [3.8, 4) is 0 Å². The number of nitrogens with one attached hydrogen (secondary N) is 2. The van der Waals surface area contributed by atoms with Gasteiger partial charge in [0.05, 0.1) is 28.3 Å². The zero-order chi connectivity index (χ0) is 18.7. The molecule has 2 aromatic rings. The first-order chi connectivity index (χ1) is 11.8. The number of benzene rings is 1. The molecule has 0 atom stereocenters. The van der Waals surface area contributed by atoms with Gasteiger partial charge in [0, 0.05) is 11.8 Å². The quantitative estimate of drug-likeness (QED) is 0.490. The highest BCUT2D eigenvalue weighted by molar-refractivity contribution is 6.07. The maximum atomic E-state index is 12.5. The number of carbonyl (C=O) groups is 2. The Labute approximate surface area is 144 Å². The monoisotopic (exact) mass is 345 g/mol. The van der Waals surface area contributed by atoms with E-state index in [4.69, 9.17) is 4.74 Å². The van der Waals surface area contributed by atoms with E-state index in [0.717, 1.165) is 0 Å². The van der Waals surface area contributed by atoms with Crippen LogP contribution in [0.4, 0.5) is 11.4 Å². The van der Waals surface area contributed by atoms with Crippen molar-refractivity contribution in [1.82, 2.24) is 4.98 Å². The largest absolute Gasteiger partial charge is 0.462 e. The smallest absolute Gasteiger partial charge is 0.340 e. The Kier molecular flexibility index (Phi) is 5.21. The average molecular weight is 345 g/mol. The molecule has 1 aromatic heterocycles. The zero-order valence-corrected chi connectivity index (χ0v) is 14.4. The average Bonchev–Trinajstić information content (AvgIpc) is 2.84. The van der Waals surface area contributed by atoms with Crippen molar-refractivity contribution >= 4 is 23.3 Å². The number of aryl methyl sites for hydroxylation is 1. The molecule has 25 heavy (non-hydrogen) atoms. The highest BCUT2D eigenvalue weighted by atomic mass is 16.6. The molecule has 0 fully saturated rings. The summed E-state index contributed by atoms with van der Waals surface area (Å²) in [6, 6.07) is 4.45. The first-order valence-corrected chi connectivity index (χ1v) is 7.69. The first-order valence-electron chi connectivity index (χ1n) is 7.69. The third-order valence-electron chi connectivity index (χ3n) is 3.89. The molecule has 1 aromatic carbocycles. The zero-order valence-electron chi connectivity index (χ0n) is 14.4. The predicted octanol–water partition coefficient (Wildman–Crippen LogP) is 3.28. The highest BCUT2D eigenvalue weighted by Gasteiger charge is 2.24. The molecule has 1 amide bonds. The Balaban J connectivity index is 2.34. The maximum absolute atomic E-state index is 12.5. The highest BCUT2D eigenvalue weighted by Crippen LogP contribution is 2.26. The minimum absolute atomic E-state index is 0.0793. The number of H-pyrrole nitrogens is 1. The van der Waals surface area contributed by atoms with E-state index in [2.05, 4.69) is 10.3 Å². The van der Waals surface area contributed by atoms with Crippen LogP contribution in [0.15, 0.2) is 18.2 Å². The van der Waals surface area contributed by atoms with E-state index in [9.17, 15) is 19.7 Å². The molecule has 1 heterocycles. The molecule has 2 N–H and O–H groups in total. The van der Waals surface area contributed by atoms with Crippen molar-refractivity contribution in [2.75, 3.05) is 11.9 Å². The van der Waals surface area contributed by atoms with Crippen molar-refractivity contribution < 1.29 is 19.2 Å². The number of nitrogens with zero attached hydrogens (tertiary/aromatic N) is 1. The molecule has 0 bridgehead atoms. The Morgan fingerprint density at radius 3 is 2.52 bits per heavy atom. The van der Waals surface area contributed by atoms with Gasteiger partial charge in [-0.3, -0.25) is 14.9 Å². The SMILES string of the molecule is CCOC(=O)c1c(C)[nH]c(C(=O)Nc2cccc([N+](=O)[O-])c2C)c1C. The van der Waals surface area contributed by atoms with E-state index in [1.165, 1.54) is 12.1 Å². The number of rotatable bonds is 5. The second-order valence-electron chi connectivity index (χ2n) is 5.51. The summed E-state index contributed by atoms with van der Waals surface area (Å²) in [5.74, 6) is -0.987. The van der Waals surface area contributed by atoms with E-state index < -0.39 is 16.8 Å². The number of nitro groups is 1. The summed E-state index contributed by atoms with van der Waals surface area (Å²) in [4.78, 5) is 37.9. The lowest BCUT2D eigenvalue weighted by Gasteiger charge is -2.08. The molecule has 0 aliphatic carbocycles. The van der Waals surface area contributed by atoms with E-state index >= 15 is 0 Å². The third kappa shape index (κ3) is 3.52. The summed E-state index contributed by atoms with van der Waals surface area (Å²) in [5, 5.41) is 13.7. The Morgan fingerprint density at radius 2 is 1.92 bits per heavy atom. The van der Waals surface area contributed by atoms with Crippen LogP contribution in [0.2, 0.25) is 0 Å². The van der Waals surface area contributed by atoms with E-state index in [1.807, 2.05) is 0 Å². The molecule has 0 aliphatic heterocycles. The lowest BCUT2D eigenvalue weighted by molar-refractivity contribution is -0.385. The Bertz CT molecular complexity index is 854. The molecule has 0 saturated heterocycles. The summed E-state index contributed by atoms with van der Waals surface area (Å²) in [5.41, 5.74) is 2.14. The molecule has 0 unspecified atom stereocenters. The summed E-state index contributed by atoms with van der Waals surface area (Å²) in [6.45, 7) is 6.81. The fourth-order valence-corrected chi connectivity index (χ4v) is 2.63. The molecule has 2 rings (SSSR count). The van der Waals surface area contributed by atoms with Gasteiger partial charge in [-0.15, -0.1) is 0 Å². The van der Waals surface area contributed by atoms with E-state index in [1.54, 1.807) is 33.8 Å². The van der Waals surface area contributed by atoms with Gasteiger partial charge in [0.2, 0.25) is 0 Å². The fraction of sp³-hybridized carbons (Fsp3) is 0.294. The van der Waals surface area contributed by atoms with E-state index in [-0.39, 0.29) is 18.0 Å². The van der Waals surface area contributed by atoms with Gasteiger partial charge >= 0.3 is 5.97 Å². The standard InChI is InChI=1S/C17H19N3O5/c1-5-25-17(22)14-10(3)15(18-11(14)4)16(21)19-12-7-6-8-13(9(12)2)20(23)24/h6-8,18H,5H2,1-4H3,(H,19,21). The number of anilines is 1. The maximum Gasteiger partial charge on any atom is 0.340 e. The topological polar surface area (TPSA) is 114 Å². The van der Waals surface area contributed by atoms with Gasteiger partial charge in [-0.2, -0.15) is 0 Å². The molecule has 8 heteroatoms. The number of aromatic nitrogens is 1. The van der Waals surface area contributed by atoms with Crippen molar-refractivity contribution in [1.29, 1.82) is 0 Å². The number of hydrogen-bond donors (Lipinski definition) is 2. The van der Waals surface area contributed by atoms with Crippen LogP contribution in [-0.4, -0.2) is 28.4 Å². The van der Waals surface area contributed by atoms with Crippen LogP contribution in [0.5, 0.6) is 0 Å². The lowest BCUT2D eigenvalue weighted by atomic mass is 10.1. The number of hydrogen-bond acceptors (Lipinski definition) is 5. The Morgan fingerprint density at radius 1 is 1.24 bits per heavy atom. The van der Waals surface area contributed by atoms with Crippen molar-refractivity contribution in [2.45, 2.75) is 27.7 Å². The third-order valence-corrected chi connectivity index (χ3v) is 3.89.